The lowest BCUT2D eigenvalue weighted by Crippen LogP contribution is -2.03. The van der Waals surface area contributed by atoms with Crippen LogP contribution >= 0.6 is 0 Å². The summed E-state index contributed by atoms with van der Waals surface area (Å²) in [5.74, 6) is 0.0141. The van der Waals surface area contributed by atoms with Gasteiger partial charge in [0.2, 0.25) is 0 Å². The van der Waals surface area contributed by atoms with Crippen LogP contribution in [0.1, 0.15) is 17.5 Å². The first-order chi connectivity index (χ1) is 7.89. The molecule has 0 unspecified atom stereocenters. The number of aromatic hydroxyl groups is 1. The molecule has 0 spiro atoms. The van der Waals surface area contributed by atoms with Crippen LogP contribution in [0.25, 0.3) is 5.57 Å². The molecule has 1 aliphatic carbocycles. The fourth-order valence-electron chi connectivity index (χ4n) is 1.78. The highest BCUT2D eigenvalue weighted by molar-refractivity contribution is 7.86. The van der Waals surface area contributed by atoms with Crippen LogP contribution in [0.4, 0.5) is 0 Å². The average Bonchev–Trinajstić information content (AvgIpc) is 2.73. The van der Waals surface area contributed by atoms with Gasteiger partial charge in [0, 0.05) is 5.56 Å². The Hall–Kier alpha value is -1.59. The fourth-order valence-corrected chi connectivity index (χ4v) is 2.57. The van der Waals surface area contributed by atoms with Crippen molar-refractivity contribution < 1.29 is 18.1 Å². The Morgan fingerprint density at radius 3 is 2.53 bits per heavy atom. The zero-order valence-electron chi connectivity index (χ0n) is 9.21. The summed E-state index contributed by atoms with van der Waals surface area (Å²) in [7, 11) is -4.29. The van der Waals surface area contributed by atoms with Gasteiger partial charge < -0.3 is 5.11 Å². The molecule has 0 heterocycles. The van der Waals surface area contributed by atoms with Crippen LogP contribution in [0.5, 0.6) is 5.75 Å². The summed E-state index contributed by atoms with van der Waals surface area (Å²) in [4.78, 5) is -0.164. The van der Waals surface area contributed by atoms with Gasteiger partial charge in [-0.1, -0.05) is 18.2 Å². The minimum atomic E-state index is -4.29. The molecule has 0 bridgehead atoms. The molecule has 0 saturated carbocycles. The zero-order chi connectivity index (χ0) is 12.6. The second-order valence-electron chi connectivity index (χ2n) is 3.93. The number of rotatable bonds is 2. The largest absolute Gasteiger partial charge is 0.508 e. The molecule has 1 aromatic carbocycles. The first-order valence-electron chi connectivity index (χ1n) is 5.07. The summed E-state index contributed by atoms with van der Waals surface area (Å²) in [6, 6.07) is 2.65. The second kappa shape index (κ2) is 4.01. The lowest BCUT2D eigenvalue weighted by atomic mass is 10.0. The third-order valence-electron chi connectivity index (χ3n) is 2.69. The summed E-state index contributed by atoms with van der Waals surface area (Å²) in [5, 5.41) is 9.63. The standard InChI is InChI=1S/C12H12O4S/c1-8-6-12(17(14,15)16)10(7-11(8)13)9-4-2-3-5-9/h2-4,6-7,13H,5H2,1H3,(H,14,15,16). The predicted octanol–water partition coefficient (Wildman–Crippen LogP) is 2.29. The number of aryl methyl sites for hydroxylation is 1. The number of hydrogen-bond acceptors (Lipinski definition) is 3. The van der Waals surface area contributed by atoms with E-state index in [1.807, 2.05) is 6.08 Å². The Labute approximate surface area is 99.7 Å². The number of phenolic OH excluding ortho intramolecular Hbond substituents is 1. The minimum Gasteiger partial charge on any atom is -0.508 e. The molecule has 1 aromatic rings. The molecule has 90 valence electrons. The van der Waals surface area contributed by atoms with Crippen molar-refractivity contribution in [2.24, 2.45) is 0 Å². The maximum Gasteiger partial charge on any atom is 0.295 e. The quantitative estimate of drug-likeness (QED) is 0.792. The topological polar surface area (TPSA) is 74.6 Å². The molecular formula is C12H12O4S. The van der Waals surface area contributed by atoms with Crippen LogP contribution in [0.15, 0.2) is 35.3 Å². The van der Waals surface area contributed by atoms with Crippen LogP contribution in [0.3, 0.4) is 0 Å². The summed E-state index contributed by atoms with van der Waals surface area (Å²) in [6.45, 7) is 1.58. The molecule has 4 nitrogen and oxygen atoms in total. The van der Waals surface area contributed by atoms with Gasteiger partial charge in [0.1, 0.15) is 10.6 Å². The van der Waals surface area contributed by atoms with Crippen molar-refractivity contribution in [2.45, 2.75) is 18.2 Å². The molecule has 0 saturated heterocycles. The van der Waals surface area contributed by atoms with Gasteiger partial charge in [0.15, 0.2) is 0 Å². The lowest BCUT2D eigenvalue weighted by molar-refractivity contribution is 0.468. The van der Waals surface area contributed by atoms with Gasteiger partial charge in [-0.3, -0.25) is 4.55 Å². The normalized spacial score (nSPS) is 15.1. The molecule has 0 amide bonds. The SMILES string of the molecule is Cc1cc(S(=O)(=O)O)c(C2=CC=CC2)cc1O. The van der Waals surface area contributed by atoms with Crippen molar-refractivity contribution in [2.75, 3.05) is 0 Å². The number of benzene rings is 1. The van der Waals surface area contributed by atoms with Crippen molar-refractivity contribution in [1.82, 2.24) is 0 Å². The van der Waals surface area contributed by atoms with E-state index in [9.17, 15) is 18.1 Å². The monoisotopic (exact) mass is 252 g/mol. The van der Waals surface area contributed by atoms with Crippen molar-refractivity contribution in [3.8, 4) is 5.75 Å². The van der Waals surface area contributed by atoms with E-state index >= 15 is 0 Å². The van der Waals surface area contributed by atoms with Gasteiger partial charge in [-0.05, 0) is 36.6 Å². The van der Waals surface area contributed by atoms with Gasteiger partial charge in [0.25, 0.3) is 10.1 Å². The molecule has 5 heteroatoms. The first kappa shape index (κ1) is 11.9. The minimum absolute atomic E-state index is 0.0141. The van der Waals surface area contributed by atoms with E-state index in [4.69, 9.17) is 0 Å². The third-order valence-corrected chi connectivity index (χ3v) is 3.59. The summed E-state index contributed by atoms with van der Waals surface area (Å²) < 4.78 is 31.8. The highest BCUT2D eigenvalue weighted by Gasteiger charge is 2.20. The van der Waals surface area contributed by atoms with Gasteiger partial charge in [-0.25, -0.2) is 0 Å². The van der Waals surface area contributed by atoms with E-state index in [0.717, 1.165) is 5.57 Å². The van der Waals surface area contributed by atoms with Gasteiger partial charge >= 0.3 is 0 Å². The Bertz CT molecular complexity index is 624. The van der Waals surface area contributed by atoms with Crippen LogP contribution < -0.4 is 0 Å². The van der Waals surface area contributed by atoms with E-state index in [2.05, 4.69) is 0 Å². The van der Waals surface area contributed by atoms with E-state index in [-0.39, 0.29) is 10.6 Å². The molecule has 0 radical (unpaired) electrons. The van der Waals surface area contributed by atoms with Gasteiger partial charge in [0.05, 0.1) is 0 Å². The Balaban J connectivity index is 2.69. The molecule has 0 aliphatic heterocycles. The maximum atomic E-state index is 11.3. The third kappa shape index (κ3) is 2.25. The average molecular weight is 252 g/mol. The highest BCUT2D eigenvalue weighted by Crippen LogP contribution is 2.33. The molecular weight excluding hydrogens is 240 g/mol. The molecule has 2 N–H and O–H groups in total. The van der Waals surface area contributed by atoms with Crippen molar-refractivity contribution in [3.05, 3.63) is 41.5 Å². The number of hydrogen-bond donors (Lipinski definition) is 2. The van der Waals surface area contributed by atoms with E-state index in [0.29, 0.717) is 17.5 Å². The molecule has 2 rings (SSSR count). The molecule has 17 heavy (non-hydrogen) atoms. The van der Waals surface area contributed by atoms with E-state index in [1.54, 1.807) is 19.1 Å². The lowest BCUT2D eigenvalue weighted by Gasteiger charge is -2.10. The molecule has 0 fully saturated rings. The summed E-state index contributed by atoms with van der Waals surface area (Å²) in [5.41, 5.74) is 1.52. The number of allylic oxidation sites excluding steroid dienone is 4. The Morgan fingerprint density at radius 2 is 2.00 bits per heavy atom. The van der Waals surface area contributed by atoms with Crippen LogP contribution in [0, 0.1) is 6.92 Å². The van der Waals surface area contributed by atoms with Crippen LogP contribution in [0.2, 0.25) is 0 Å². The Kier molecular flexibility index (Phi) is 2.81. The first-order valence-corrected chi connectivity index (χ1v) is 6.51. The summed E-state index contributed by atoms with van der Waals surface area (Å²) in [6.07, 6.45) is 6.03. The van der Waals surface area contributed by atoms with E-state index < -0.39 is 10.1 Å². The van der Waals surface area contributed by atoms with Crippen molar-refractivity contribution >= 4 is 15.7 Å². The van der Waals surface area contributed by atoms with Crippen LogP contribution in [-0.2, 0) is 10.1 Å². The van der Waals surface area contributed by atoms with Crippen molar-refractivity contribution in [3.63, 3.8) is 0 Å². The molecule has 0 aromatic heterocycles. The second-order valence-corrected chi connectivity index (χ2v) is 5.32. The van der Waals surface area contributed by atoms with Gasteiger partial charge in [-0.2, -0.15) is 8.42 Å². The number of phenols is 1. The van der Waals surface area contributed by atoms with Crippen molar-refractivity contribution in [1.29, 1.82) is 0 Å². The molecule has 1 aliphatic rings. The fraction of sp³-hybridized carbons (Fsp3) is 0.167. The molecule has 0 atom stereocenters. The smallest absolute Gasteiger partial charge is 0.295 e. The van der Waals surface area contributed by atoms with Crippen LogP contribution in [-0.4, -0.2) is 18.1 Å². The zero-order valence-corrected chi connectivity index (χ0v) is 10.0. The summed E-state index contributed by atoms with van der Waals surface area (Å²) >= 11 is 0. The highest BCUT2D eigenvalue weighted by atomic mass is 32.2. The predicted molar refractivity (Wildman–Crippen MR) is 64.4 cm³/mol. The van der Waals surface area contributed by atoms with E-state index in [1.165, 1.54) is 12.1 Å². The van der Waals surface area contributed by atoms with Gasteiger partial charge in [-0.15, -0.1) is 0 Å². The maximum absolute atomic E-state index is 11.3. The Morgan fingerprint density at radius 1 is 1.29 bits per heavy atom.